The molecule has 1 unspecified atom stereocenters. The first-order chi connectivity index (χ1) is 11.5. The molecule has 3 rings (SSSR count). The fourth-order valence-electron chi connectivity index (χ4n) is 3.06. The summed E-state index contributed by atoms with van der Waals surface area (Å²) in [4.78, 5) is 30.0. The third-order valence-corrected chi connectivity index (χ3v) is 4.28. The maximum atomic E-state index is 12.6. The number of rotatable bonds is 4. The number of piperidine rings is 1. The zero-order chi connectivity index (χ0) is 17.1. The van der Waals surface area contributed by atoms with E-state index in [0.29, 0.717) is 43.5 Å². The predicted octanol–water partition coefficient (Wildman–Crippen LogP) is 1.24. The molecule has 0 spiro atoms. The van der Waals surface area contributed by atoms with Gasteiger partial charge in [-0.15, -0.1) is 0 Å². The van der Waals surface area contributed by atoms with E-state index in [9.17, 15) is 9.59 Å². The third kappa shape index (κ3) is 3.80. The number of amides is 2. The van der Waals surface area contributed by atoms with Gasteiger partial charge in [-0.2, -0.15) is 10.1 Å². The van der Waals surface area contributed by atoms with Crippen LogP contribution in [0.5, 0.6) is 0 Å². The summed E-state index contributed by atoms with van der Waals surface area (Å²) in [6, 6.07) is 0. The zero-order valence-corrected chi connectivity index (χ0v) is 14.1. The van der Waals surface area contributed by atoms with E-state index in [-0.39, 0.29) is 17.7 Å². The topological polar surface area (TPSA) is 101 Å². The lowest BCUT2D eigenvalue weighted by atomic mass is 9.97. The lowest BCUT2D eigenvalue weighted by Crippen LogP contribution is -2.44. The van der Waals surface area contributed by atoms with Crippen molar-refractivity contribution in [2.75, 3.05) is 13.1 Å². The van der Waals surface area contributed by atoms with Gasteiger partial charge in [-0.25, -0.2) is 5.43 Å². The van der Waals surface area contributed by atoms with Crippen molar-refractivity contribution in [3.8, 4) is 0 Å². The smallest absolute Gasteiger partial charge is 0.270 e. The molecule has 3 heterocycles. The molecule has 1 atom stereocenters. The van der Waals surface area contributed by atoms with Crippen LogP contribution in [-0.4, -0.2) is 45.7 Å². The van der Waals surface area contributed by atoms with Gasteiger partial charge in [0.2, 0.25) is 11.8 Å². The van der Waals surface area contributed by atoms with Crippen molar-refractivity contribution in [3.63, 3.8) is 0 Å². The Bertz CT molecular complexity index is 652. The summed E-state index contributed by atoms with van der Waals surface area (Å²) < 4.78 is 5.41. The van der Waals surface area contributed by atoms with Crippen molar-refractivity contribution in [1.82, 2.24) is 20.5 Å². The molecule has 8 nitrogen and oxygen atoms in total. The Morgan fingerprint density at radius 1 is 1.42 bits per heavy atom. The Labute approximate surface area is 140 Å². The average Bonchev–Trinajstić information content (AvgIpc) is 3.03. The molecule has 0 bridgehead atoms. The summed E-state index contributed by atoms with van der Waals surface area (Å²) in [5.41, 5.74) is 2.79. The minimum Gasteiger partial charge on any atom is -0.339 e. The molecule has 1 N–H and O–H groups in total. The summed E-state index contributed by atoms with van der Waals surface area (Å²) in [6.07, 6.45) is 3.30. The summed E-state index contributed by atoms with van der Waals surface area (Å²) in [5, 5.41) is 7.93. The summed E-state index contributed by atoms with van der Waals surface area (Å²) >= 11 is 0. The van der Waals surface area contributed by atoms with E-state index in [1.807, 2.05) is 0 Å². The van der Waals surface area contributed by atoms with E-state index >= 15 is 0 Å². The average molecular weight is 333 g/mol. The number of aromatic nitrogens is 2. The van der Waals surface area contributed by atoms with Gasteiger partial charge in [0.15, 0.2) is 5.82 Å². The summed E-state index contributed by atoms with van der Waals surface area (Å²) in [7, 11) is 0. The van der Waals surface area contributed by atoms with Gasteiger partial charge in [-0.1, -0.05) is 19.0 Å². The highest BCUT2D eigenvalue weighted by Crippen LogP contribution is 2.26. The minimum absolute atomic E-state index is 0.0647. The van der Waals surface area contributed by atoms with Gasteiger partial charge in [0.05, 0.1) is 5.92 Å². The molecule has 2 aliphatic heterocycles. The molecular formula is C16H23N5O3. The Balaban J connectivity index is 1.64. The first-order valence-corrected chi connectivity index (χ1v) is 8.50. The highest BCUT2D eigenvalue weighted by atomic mass is 16.5. The van der Waals surface area contributed by atoms with Crippen LogP contribution in [0.25, 0.3) is 0 Å². The van der Waals surface area contributed by atoms with Gasteiger partial charge in [-0.3, -0.25) is 9.59 Å². The van der Waals surface area contributed by atoms with E-state index in [4.69, 9.17) is 4.52 Å². The Morgan fingerprint density at radius 2 is 2.25 bits per heavy atom. The normalized spacial score (nSPS) is 21.6. The largest absolute Gasteiger partial charge is 0.339 e. The van der Waals surface area contributed by atoms with Gasteiger partial charge in [0, 0.05) is 32.4 Å². The number of likely N-dealkylation sites (tertiary alicyclic amines) is 1. The fraction of sp³-hybridized carbons (Fsp3) is 0.688. The Hall–Kier alpha value is -2.25. The maximum absolute atomic E-state index is 12.6. The molecule has 1 saturated heterocycles. The maximum Gasteiger partial charge on any atom is 0.270 e. The highest BCUT2D eigenvalue weighted by molar-refractivity contribution is 6.39. The highest BCUT2D eigenvalue weighted by Gasteiger charge is 2.31. The quantitative estimate of drug-likeness (QED) is 0.893. The van der Waals surface area contributed by atoms with Crippen LogP contribution in [0.2, 0.25) is 0 Å². The monoisotopic (exact) mass is 333 g/mol. The van der Waals surface area contributed by atoms with E-state index < -0.39 is 0 Å². The van der Waals surface area contributed by atoms with Crippen molar-refractivity contribution in [2.24, 2.45) is 11.0 Å². The third-order valence-electron chi connectivity index (χ3n) is 4.28. The van der Waals surface area contributed by atoms with Crippen LogP contribution in [0.3, 0.4) is 0 Å². The van der Waals surface area contributed by atoms with E-state index in [0.717, 1.165) is 25.1 Å². The van der Waals surface area contributed by atoms with Gasteiger partial charge in [0.25, 0.3) is 5.91 Å². The van der Waals surface area contributed by atoms with Crippen molar-refractivity contribution < 1.29 is 14.1 Å². The zero-order valence-electron chi connectivity index (χ0n) is 14.1. The standard InChI is InChI=1S/C16H23N5O3/c1-10(2)8-13-17-15(24-20-13)11-4-3-7-21(9-11)16(23)12-5-6-14(22)19-18-12/h10-11H,3-9H2,1-2H3,(H,19,22). The molecule has 1 aromatic rings. The molecule has 0 aromatic carbocycles. The number of nitrogens with one attached hydrogen (secondary N) is 1. The van der Waals surface area contributed by atoms with Crippen LogP contribution < -0.4 is 5.43 Å². The van der Waals surface area contributed by atoms with Crippen molar-refractivity contribution in [1.29, 1.82) is 0 Å². The van der Waals surface area contributed by atoms with Crippen LogP contribution in [0, 0.1) is 5.92 Å². The molecule has 2 aliphatic rings. The summed E-state index contributed by atoms with van der Waals surface area (Å²) in [5.74, 6) is 1.62. The minimum atomic E-state index is -0.147. The van der Waals surface area contributed by atoms with Crippen LogP contribution in [0.15, 0.2) is 9.62 Å². The van der Waals surface area contributed by atoms with Gasteiger partial charge in [-0.05, 0) is 18.8 Å². The van der Waals surface area contributed by atoms with Crippen molar-refractivity contribution in [3.05, 3.63) is 11.7 Å². The molecule has 130 valence electrons. The van der Waals surface area contributed by atoms with Gasteiger partial charge < -0.3 is 9.42 Å². The molecule has 2 amide bonds. The second-order valence-corrected chi connectivity index (χ2v) is 6.83. The number of hydrogen-bond donors (Lipinski definition) is 1. The van der Waals surface area contributed by atoms with E-state index in [2.05, 4.69) is 34.5 Å². The second-order valence-electron chi connectivity index (χ2n) is 6.83. The van der Waals surface area contributed by atoms with Crippen molar-refractivity contribution >= 4 is 17.5 Å². The molecule has 8 heteroatoms. The molecule has 1 aromatic heterocycles. The molecule has 1 fully saturated rings. The second kappa shape index (κ2) is 7.11. The first-order valence-electron chi connectivity index (χ1n) is 8.50. The number of hydrogen-bond acceptors (Lipinski definition) is 6. The lowest BCUT2D eigenvalue weighted by molar-refractivity contribution is -0.125. The molecular weight excluding hydrogens is 310 g/mol. The molecule has 24 heavy (non-hydrogen) atoms. The van der Waals surface area contributed by atoms with E-state index in [1.165, 1.54) is 0 Å². The Morgan fingerprint density at radius 3 is 2.96 bits per heavy atom. The number of carbonyl (C=O) groups is 2. The molecule has 0 aliphatic carbocycles. The number of hydrazone groups is 1. The fourth-order valence-corrected chi connectivity index (χ4v) is 3.06. The number of nitrogens with zero attached hydrogens (tertiary/aromatic N) is 4. The van der Waals surface area contributed by atoms with Gasteiger partial charge in [0.1, 0.15) is 5.71 Å². The van der Waals surface area contributed by atoms with Crippen LogP contribution in [-0.2, 0) is 16.0 Å². The molecule has 0 radical (unpaired) electrons. The SMILES string of the molecule is CC(C)Cc1noc(C2CCCN(C(=O)C3=NNC(=O)CC3)C2)n1. The van der Waals surface area contributed by atoms with Crippen molar-refractivity contribution in [2.45, 2.75) is 51.9 Å². The first kappa shape index (κ1) is 16.6. The lowest BCUT2D eigenvalue weighted by Gasteiger charge is -2.31. The van der Waals surface area contributed by atoms with Crippen LogP contribution in [0.1, 0.15) is 57.2 Å². The van der Waals surface area contributed by atoms with E-state index in [1.54, 1.807) is 4.90 Å². The predicted molar refractivity (Wildman–Crippen MR) is 86.2 cm³/mol. The van der Waals surface area contributed by atoms with Gasteiger partial charge >= 0.3 is 0 Å². The van der Waals surface area contributed by atoms with Crippen LogP contribution in [0.4, 0.5) is 0 Å². The summed E-state index contributed by atoms with van der Waals surface area (Å²) in [6.45, 7) is 5.46. The van der Waals surface area contributed by atoms with Crippen LogP contribution >= 0.6 is 0 Å². The Kier molecular flexibility index (Phi) is 4.92. The number of carbonyl (C=O) groups excluding carboxylic acids is 2. The molecule has 0 saturated carbocycles.